The molecule has 1 aromatic carbocycles. The average Bonchev–Trinajstić information content (AvgIpc) is 2.80. The predicted octanol–water partition coefficient (Wildman–Crippen LogP) is 4.01. The van der Waals surface area contributed by atoms with Crippen molar-refractivity contribution in [3.63, 3.8) is 0 Å². The molecule has 0 aliphatic rings. The van der Waals surface area contributed by atoms with E-state index in [1.54, 1.807) is 18.2 Å². The van der Waals surface area contributed by atoms with Crippen molar-refractivity contribution < 1.29 is 9.90 Å². The van der Waals surface area contributed by atoms with Gasteiger partial charge in [-0.25, -0.2) is 0 Å². The van der Waals surface area contributed by atoms with Gasteiger partial charge in [0.2, 0.25) is 0 Å². The number of thioether (sulfide) groups is 1. The van der Waals surface area contributed by atoms with Crippen molar-refractivity contribution in [2.24, 2.45) is 0 Å². The third-order valence-electron chi connectivity index (χ3n) is 2.68. The Hall–Kier alpha value is -1.24. The SMILES string of the molecule is CC(C)n1c(SCC(=O)O)nnc1-c1ccc(Cl)cc1Cl. The Balaban J connectivity index is 2.46. The topological polar surface area (TPSA) is 68.0 Å². The Morgan fingerprint density at radius 3 is 2.67 bits per heavy atom. The molecule has 0 saturated heterocycles. The quantitative estimate of drug-likeness (QED) is 0.829. The highest BCUT2D eigenvalue weighted by molar-refractivity contribution is 7.99. The number of carboxylic acid groups (broad SMARTS) is 1. The number of carbonyl (C=O) groups is 1. The minimum Gasteiger partial charge on any atom is -0.481 e. The second-order valence-corrected chi connectivity index (χ2v) is 6.36. The van der Waals surface area contributed by atoms with Gasteiger partial charge < -0.3 is 5.11 Å². The van der Waals surface area contributed by atoms with Gasteiger partial charge in [-0.3, -0.25) is 9.36 Å². The van der Waals surface area contributed by atoms with E-state index < -0.39 is 5.97 Å². The summed E-state index contributed by atoms with van der Waals surface area (Å²) in [6.07, 6.45) is 0. The normalized spacial score (nSPS) is 11.1. The molecule has 8 heteroatoms. The van der Waals surface area contributed by atoms with Gasteiger partial charge >= 0.3 is 5.97 Å². The highest BCUT2D eigenvalue weighted by atomic mass is 35.5. The summed E-state index contributed by atoms with van der Waals surface area (Å²) in [6, 6.07) is 5.21. The number of carboxylic acids is 1. The zero-order valence-corrected chi connectivity index (χ0v) is 13.7. The van der Waals surface area contributed by atoms with Crippen molar-refractivity contribution in [2.75, 3.05) is 5.75 Å². The Morgan fingerprint density at radius 2 is 2.10 bits per heavy atom. The molecule has 1 N–H and O–H groups in total. The van der Waals surface area contributed by atoms with E-state index in [1.165, 1.54) is 0 Å². The smallest absolute Gasteiger partial charge is 0.313 e. The minimum atomic E-state index is -0.899. The summed E-state index contributed by atoms with van der Waals surface area (Å²) in [4.78, 5) is 10.7. The molecule has 0 spiro atoms. The van der Waals surface area contributed by atoms with Crippen molar-refractivity contribution in [1.82, 2.24) is 14.8 Å². The van der Waals surface area contributed by atoms with E-state index >= 15 is 0 Å². The molecule has 0 radical (unpaired) electrons. The summed E-state index contributed by atoms with van der Waals surface area (Å²) in [7, 11) is 0. The van der Waals surface area contributed by atoms with Crippen LogP contribution in [-0.4, -0.2) is 31.6 Å². The molecular weight excluding hydrogens is 333 g/mol. The third kappa shape index (κ3) is 3.70. The van der Waals surface area contributed by atoms with Gasteiger partial charge in [0.05, 0.1) is 10.8 Å². The highest BCUT2D eigenvalue weighted by Gasteiger charge is 2.19. The molecule has 112 valence electrons. The lowest BCUT2D eigenvalue weighted by molar-refractivity contribution is -0.133. The number of rotatable bonds is 5. The van der Waals surface area contributed by atoms with Crippen LogP contribution in [0.25, 0.3) is 11.4 Å². The number of nitrogens with zero attached hydrogens (tertiary/aromatic N) is 3. The second kappa shape index (κ2) is 6.68. The molecular formula is C13H13Cl2N3O2S. The first-order valence-corrected chi connectivity index (χ1v) is 7.89. The van der Waals surface area contributed by atoms with Crippen LogP contribution < -0.4 is 0 Å². The zero-order chi connectivity index (χ0) is 15.6. The monoisotopic (exact) mass is 345 g/mol. The van der Waals surface area contributed by atoms with Gasteiger partial charge in [-0.05, 0) is 32.0 Å². The lowest BCUT2D eigenvalue weighted by Gasteiger charge is -2.14. The van der Waals surface area contributed by atoms with Gasteiger partial charge in [0.15, 0.2) is 11.0 Å². The fourth-order valence-corrected chi connectivity index (χ4v) is 3.10. The Labute approximate surface area is 136 Å². The largest absolute Gasteiger partial charge is 0.481 e. The number of hydrogen-bond donors (Lipinski definition) is 1. The van der Waals surface area contributed by atoms with Crippen molar-refractivity contribution in [3.05, 3.63) is 28.2 Å². The fraction of sp³-hybridized carbons (Fsp3) is 0.308. The van der Waals surface area contributed by atoms with Crippen LogP contribution in [0.5, 0.6) is 0 Å². The highest BCUT2D eigenvalue weighted by Crippen LogP contribution is 2.33. The van der Waals surface area contributed by atoms with Gasteiger partial charge in [-0.15, -0.1) is 10.2 Å². The van der Waals surface area contributed by atoms with Crippen LogP contribution in [0.1, 0.15) is 19.9 Å². The first-order valence-electron chi connectivity index (χ1n) is 6.15. The molecule has 21 heavy (non-hydrogen) atoms. The van der Waals surface area contributed by atoms with Gasteiger partial charge in [0.25, 0.3) is 0 Å². The van der Waals surface area contributed by atoms with E-state index in [9.17, 15) is 4.79 Å². The average molecular weight is 346 g/mol. The first-order chi connectivity index (χ1) is 9.90. The third-order valence-corrected chi connectivity index (χ3v) is 4.15. The van der Waals surface area contributed by atoms with Crippen LogP contribution >= 0.6 is 35.0 Å². The van der Waals surface area contributed by atoms with E-state index in [-0.39, 0.29) is 11.8 Å². The summed E-state index contributed by atoms with van der Waals surface area (Å²) in [5.74, 6) is -0.372. The van der Waals surface area contributed by atoms with Crippen LogP contribution in [0.2, 0.25) is 10.0 Å². The fourth-order valence-electron chi connectivity index (χ4n) is 1.82. The molecule has 1 aromatic heterocycles. The van der Waals surface area contributed by atoms with Crippen molar-refractivity contribution >= 4 is 40.9 Å². The molecule has 0 saturated carbocycles. The number of halogens is 2. The maximum absolute atomic E-state index is 10.7. The lowest BCUT2D eigenvalue weighted by Crippen LogP contribution is -2.07. The standard InChI is InChI=1S/C13H13Cl2N3O2S/c1-7(2)18-12(9-4-3-8(14)5-10(9)15)16-17-13(18)21-6-11(19)20/h3-5,7H,6H2,1-2H3,(H,19,20). The molecule has 0 atom stereocenters. The zero-order valence-electron chi connectivity index (χ0n) is 11.4. The van der Waals surface area contributed by atoms with E-state index in [0.717, 1.165) is 11.8 Å². The molecule has 0 fully saturated rings. The molecule has 5 nitrogen and oxygen atoms in total. The number of benzene rings is 1. The van der Waals surface area contributed by atoms with Crippen LogP contribution in [0.3, 0.4) is 0 Å². The molecule has 0 bridgehead atoms. The summed E-state index contributed by atoms with van der Waals surface area (Å²) in [6.45, 7) is 3.95. The van der Waals surface area contributed by atoms with Crippen molar-refractivity contribution in [2.45, 2.75) is 25.0 Å². The number of aliphatic carboxylic acids is 1. The number of hydrogen-bond acceptors (Lipinski definition) is 4. The molecule has 0 aliphatic carbocycles. The molecule has 1 heterocycles. The maximum Gasteiger partial charge on any atom is 0.313 e. The summed E-state index contributed by atoms with van der Waals surface area (Å²) >= 11 is 13.2. The minimum absolute atomic E-state index is 0.0676. The summed E-state index contributed by atoms with van der Waals surface area (Å²) < 4.78 is 1.86. The second-order valence-electron chi connectivity index (χ2n) is 4.58. The van der Waals surface area contributed by atoms with Gasteiger partial charge in [0.1, 0.15) is 0 Å². The molecule has 0 aliphatic heterocycles. The first kappa shape index (κ1) is 16.1. The van der Waals surface area contributed by atoms with Crippen LogP contribution in [-0.2, 0) is 4.79 Å². The summed E-state index contributed by atoms with van der Waals surface area (Å²) in [5, 5.41) is 18.6. The van der Waals surface area contributed by atoms with Crippen molar-refractivity contribution in [1.29, 1.82) is 0 Å². The molecule has 0 amide bonds. The Bertz CT molecular complexity index is 673. The number of aromatic nitrogens is 3. The predicted molar refractivity (Wildman–Crippen MR) is 84.2 cm³/mol. The Morgan fingerprint density at radius 1 is 1.38 bits per heavy atom. The van der Waals surface area contributed by atoms with E-state index in [2.05, 4.69) is 10.2 Å². The van der Waals surface area contributed by atoms with Crippen LogP contribution in [0.4, 0.5) is 0 Å². The van der Waals surface area contributed by atoms with Crippen molar-refractivity contribution in [3.8, 4) is 11.4 Å². The maximum atomic E-state index is 10.7. The summed E-state index contributed by atoms with van der Waals surface area (Å²) in [5.41, 5.74) is 0.712. The van der Waals surface area contributed by atoms with Gasteiger partial charge in [-0.1, -0.05) is 35.0 Å². The van der Waals surface area contributed by atoms with Crippen LogP contribution in [0, 0.1) is 0 Å². The van der Waals surface area contributed by atoms with Gasteiger partial charge in [0, 0.05) is 16.6 Å². The van der Waals surface area contributed by atoms with Gasteiger partial charge in [-0.2, -0.15) is 0 Å². The lowest BCUT2D eigenvalue weighted by atomic mass is 10.2. The molecule has 2 rings (SSSR count). The van der Waals surface area contributed by atoms with E-state index in [0.29, 0.717) is 26.6 Å². The van der Waals surface area contributed by atoms with E-state index in [1.807, 2.05) is 18.4 Å². The molecule has 2 aromatic rings. The molecule has 0 unspecified atom stereocenters. The van der Waals surface area contributed by atoms with E-state index in [4.69, 9.17) is 28.3 Å². The Kier molecular flexibility index (Phi) is 5.13. The van der Waals surface area contributed by atoms with Crippen LogP contribution in [0.15, 0.2) is 23.4 Å².